The number of amides is 1. The summed E-state index contributed by atoms with van der Waals surface area (Å²) in [6, 6.07) is 0. The SMILES string of the molecule is Cc1nc(C2CCN(C(=O)OC(C)(C)C)CC2)no1.Cc1nc(C2CCNCC2)no1.Cl. The van der Waals surface area contributed by atoms with Crippen molar-refractivity contribution in [3.05, 3.63) is 23.4 Å². The van der Waals surface area contributed by atoms with Gasteiger partial charge in [0.1, 0.15) is 5.60 Å². The van der Waals surface area contributed by atoms with Crippen LogP contribution in [0, 0.1) is 13.8 Å². The van der Waals surface area contributed by atoms with Crippen molar-refractivity contribution in [3.63, 3.8) is 0 Å². The average molecular weight is 471 g/mol. The highest BCUT2D eigenvalue weighted by atomic mass is 35.5. The standard InChI is InChI=1S/C13H21N3O3.C8H13N3O.ClH/c1-9-14-11(15-19-9)10-5-7-16(8-6-10)12(17)18-13(2,3)4;1-6-10-8(11-12-6)7-2-4-9-5-3-7;/h10H,5-8H2,1-4H3;7,9H,2-5H2,1H3;1H. The van der Waals surface area contributed by atoms with Gasteiger partial charge in [-0.05, 0) is 59.5 Å². The number of carbonyl (C=O) groups is 1. The van der Waals surface area contributed by atoms with Crippen molar-refractivity contribution in [2.75, 3.05) is 26.2 Å². The van der Waals surface area contributed by atoms with E-state index in [0.717, 1.165) is 50.4 Å². The maximum atomic E-state index is 11.9. The van der Waals surface area contributed by atoms with E-state index in [1.165, 1.54) is 0 Å². The van der Waals surface area contributed by atoms with Crippen LogP contribution in [0.3, 0.4) is 0 Å². The van der Waals surface area contributed by atoms with Crippen LogP contribution in [0.15, 0.2) is 9.05 Å². The molecule has 0 radical (unpaired) electrons. The zero-order chi connectivity index (χ0) is 22.4. The molecule has 1 amide bonds. The molecule has 2 aromatic heterocycles. The summed E-state index contributed by atoms with van der Waals surface area (Å²) in [5, 5.41) is 11.2. The van der Waals surface area contributed by atoms with E-state index in [0.29, 0.717) is 30.8 Å². The molecule has 10 nitrogen and oxygen atoms in total. The number of hydrogen-bond donors (Lipinski definition) is 1. The Kier molecular flexibility index (Phi) is 9.45. The number of nitrogens with one attached hydrogen (secondary N) is 1. The molecule has 0 aromatic carbocycles. The zero-order valence-electron chi connectivity index (χ0n) is 19.6. The van der Waals surface area contributed by atoms with Crippen LogP contribution in [0.1, 0.15) is 81.7 Å². The van der Waals surface area contributed by atoms with Crippen LogP contribution >= 0.6 is 12.4 Å². The van der Waals surface area contributed by atoms with Crippen molar-refractivity contribution in [1.29, 1.82) is 0 Å². The molecule has 0 aliphatic carbocycles. The molecule has 11 heteroatoms. The maximum absolute atomic E-state index is 11.9. The Morgan fingerprint density at radius 3 is 1.81 bits per heavy atom. The van der Waals surface area contributed by atoms with Gasteiger partial charge < -0.3 is 24.0 Å². The Morgan fingerprint density at radius 1 is 0.938 bits per heavy atom. The van der Waals surface area contributed by atoms with Crippen molar-refractivity contribution >= 4 is 18.5 Å². The van der Waals surface area contributed by atoms with E-state index in [1.54, 1.807) is 11.8 Å². The first-order valence-corrected chi connectivity index (χ1v) is 11.0. The maximum Gasteiger partial charge on any atom is 0.410 e. The minimum Gasteiger partial charge on any atom is -0.444 e. The number of halogens is 1. The van der Waals surface area contributed by atoms with E-state index < -0.39 is 5.60 Å². The first-order valence-electron chi connectivity index (χ1n) is 11.0. The molecule has 2 aliphatic rings. The van der Waals surface area contributed by atoms with Crippen LogP contribution < -0.4 is 5.32 Å². The number of aromatic nitrogens is 4. The topological polar surface area (TPSA) is 119 Å². The summed E-state index contributed by atoms with van der Waals surface area (Å²) >= 11 is 0. The fourth-order valence-electron chi connectivity index (χ4n) is 3.69. The number of ether oxygens (including phenoxy) is 1. The van der Waals surface area contributed by atoms with Gasteiger partial charge in [0.25, 0.3) is 0 Å². The van der Waals surface area contributed by atoms with Crippen LogP contribution in [-0.4, -0.2) is 63.1 Å². The third-order valence-electron chi connectivity index (χ3n) is 5.30. The summed E-state index contributed by atoms with van der Waals surface area (Å²) in [6.45, 7) is 12.7. The number of hydrogen-bond acceptors (Lipinski definition) is 9. The highest BCUT2D eigenvalue weighted by Crippen LogP contribution is 2.26. The van der Waals surface area contributed by atoms with Gasteiger partial charge >= 0.3 is 6.09 Å². The molecule has 180 valence electrons. The van der Waals surface area contributed by atoms with E-state index in [1.807, 2.05) is 27.7 Å². The summed E-state index contributed by atoms with van der Waals surface area (Å²) in [6.07, 6.45) is 3.70. The van der Waals surface area contributed by atoms with Gasteiger partial charge in [0.15, 0.2) is 11.6 Å². The van der Waals surface area contributed by atoms with Gasteiger partial charge in [-0.1, -0.05) is 10.3 Å². The molecule has 2 fully saturated rings. The Morgan fingerprint density at radius 2 is 1.41 bits per heavy atom. The van der Waals surface area contributed by atoms with Crippen molar-refractivity contribution in [3.8, 4) is 0 Å². The fraction of sp³-hybridized carbons (Fsp3) is 0.762. The van der Waals surface area contributed by atoms with Crippen LogP contribution in [-0.2, 0) is 4.74 Å². The van der Waals surface area contributed by atoms with E-state index in [-0.39, 0.29) is 24.4 Å². The molecule has 0 atom stereocenters. The lowest BCUT2D eigenvalue weighted by Crippen LogP contribution is -2.41. The molecule has 1 N–H and O–H groups in total. The average Bonchev–Trinajstić information content (AvgIpc) is 3.36. The Hall–Kier alpha value is -2.20. The largest absolute Gasteiger partial charge is 0.444 e. The summed E-state index contributed by atoms with van der Waals surface area (Å²) < 4.78 is 15.3. The molecule has 32 heavy (non-hydrogen) atoms. The van der Waals surface area contributed by atoms with Crippen molar-refractivity contribution in [2.24, 2.45) is 0 Å². The van der Waals surface area contributed by atoms with Crippen molar-refractivity contribution in [1.82, 2.24) is 30.5 Å². The minimum absolute atomic E-state index is 0. The minimum atomic E-state index is -0.446. The first kappa shape index (κ1) is 26.1. The summed E-state index contributed by atoms with van der Waals surface area (Å²) in [5.41, 5.74) is -0.446. The quantitative estimate of drug-likeness (QED) is 0.699. The lowest BCUT2D eigenvalue weighted by atomic mass is 9.96. The van der Waals surface area contributed by atoms with Gasteiger partial charge in [0, 0.05) is 38.8 Å². The second-order valence-corrected chi connectivity index (χ2v) is 9.11. The second-order valence-electron chi connectivity index (χ2n) is 9.11. The highest BCUT2D eigenvalue weighted by Gasteiger charge is 2.29. The van der Waals surface area contributed by atoms with Gasteiger partial charge in [-0.25, -0.2) is 4.79 Å². The Bertz CT molecular complexity index is 835. The van der Waals surface area contributed by atoms with Crippen molar-refractivity contribution in [2.45, 2.75) is 77.7 Å². The normalized spacial score (nSPS) is 17.8. The monoisotopic (exact) mass is 470 g/mol. The fourth-order valence-corrected chi connectivity index (χ4v) is 3.69. The lowest BCUT2D eigenvalue weighted by Gasteiger charge is -2.32. The summed E-state index contributed by atoms with van der Waals surface area (Å²) in [4.78, 5) is 22.1. The highest BCUT2D eigenvalue weighted by molar-refractivity contribution is 5.85. The van der Waals surface area contributed by atoms with Gasteiger partial charge in [-0.15, -0.1) is 12.4 Å². The molecule has 2 saturated heterocycles. The molecule has 4 rings (SSSR count). The second kappa shape index (κ2) is 11.6. The Labute approximate surface area is 195 Å². The Balaban J connectivity index is 0.000000241. The third kappa shape index (κ3) is 7.74. The number of carbonyl (C=O) groups excluding carboxylic acids is 1. The van der Waals surface area contributed by atoms with Crippen LogP contribution in [0.2, 0.25) is 0 Å². The predicted octanol–water partition coefficient (Wildman–Crippen LogP) is 3.76. The number of likely N-dealkylation sites (tertiary alicyclic amines) is 1. The molecular formula is C21H35ClN6O4. The van der Waals surface area contributed by atoms with E-state index in [4.69, 9.17) is 13.8 Å². The number of piperidine rings is 2. The van der Waals surface area contributed by atoms with E-state index in [9.17, 15) is 4.79 Å². The predicted molar refractivity (Wildman–Crippen MR) is 120 cm³/mol. The summed E-state index contributed by atoms with van der Waals surface area (Å²) in [7, 11) is 0. The van der Waals surface area contributed by atoms with Gasteiger partial charge in [-0.2, -0.15) is 9.97 Å². The molecule has 0 unspecified atom stereocenters. The van der Waals surface area contributed by atoms with E-state index in [2.05, 4.69) is 25.6 Å². The van der Waals surface area contributed by atoms with Crippen LogP contribution in [0.5, 0.6) is 0 Å². The summed E-state index contributed by atoms with van der Waals surface area (Å²) in [5.74, 6) is 3.67. The molecule has 0 spiro atoms. The smallest absolute Gasteiger partial charge is 0.410 e. The van der Waals surface area contributed by atoms with E-state index >= 15 is 0 Å². The van der Waals surface area contributed by atoms with Crippen LogP contribution in [0.25, 0.3) is 0 Å². The number of rotatable bonds is 2. The van der Waals surface area contributed by atoms with Crippen LogP contribution in [0.4, 0.5) is 4.79 Å². The molecule has 2 aromatic rings. The van der Waals surface area contributed by atoms with Gasteiger partial charge in [-0.3, -0.25) is 0 Å². The molecule has 0 bridgehead atoms. The number of nitrogens with zero attached hydrogens (tertiary/aromatic N) is 5. The third-order valence-corrected chi connectivity index (χ3v) is 5.30. The molecular weight excluding hydrogens is 436 g/mol. The van der Waals surface area contributed by atoms with Crippen molar-refractivity contribution < 1.29 is 18.6 Å². The lowest BCUT2D eigenvalue weighted by molar-refractivity contribution is 0.0203. The molecule has 2 aliphatic heterocycles. The zero-order valence-corrected chi connectivity index (χ0v) is 20.4. The van der Waals surface area contributed by atoms with Gasteiger partial charge in [0.05, 0.1) is 0 Å². The van der Waals surface area contributed by atoms with Gasteiger partial charge in [0.2, 0.25) is 11.8 Å². The molecule has 0 saturated carbocycles. The number of aryl methyl sites for hydroxylation is 2. The first-order chi connectivity index (χ1) is 14.7. The molecule has 4 heterocycles.